The van der Waals surface area contributed by atoms with E-state index in [0.717, 1.165) is 9.70 Å². The van der Waals surface area contributed by atoms with Crippen LogP contribution in [0.25, 0.3) is 5.69 Å². The molecular weight excluding hydrogens is 470 g/mol. The highest BCUT2D eigenvalue weighted by molar-refractivity contribution is 5.95. The molecule has 1 atom stereocenters. The molecule has 0 aliphatic carbocycles. The van der Waals surface area contributed by atoms with Crippen LogP contribution in [-0.2, 0) is 6.18 Å². The summed E-state index contributed by atoms with van der Waals surface area (Å²) in [4.78, 5) is 26.2. The molecule has 1 amide bonds. The minimum atomic E-state index is -4.66. The second kappa shape index (κ2) is 9.61. The average molecular weight is 488 g/mol. The van der Waals surface area contributed by atoms with Crippen LogP contribution in [0.15, 0.2) is 36.9 Å². The maximum Gasteiger partial charge on any atom is 0.419 e. The molecule has 9 nitrogen and oxygen atoms in total. The van der Waals surface area contributed by atoms with E-state index in [1.807, 2.05) is 0 Å². The van der Waals surface area contributed by atoms with Crippen LogP contribution in [-0.4, -0.2) is 66.6 Å². The van der Waals surface area contributed by atoms with Crippen LogP contribution in [0.2, 0.25) is 0 Å². The molecule has 0 aliphatic heterocycles. The zero-order valence-corrected chi connectivity index (χ0v) is 17.8. The Bertz CT molecular complexity index is 1120. The first-order valence-corrected chi connectivity index (χ1v) is 9.66. The van der Waals surface area contributed by atoms with Crippen molar-refractivity contribution in [3.63, 3.8) is 0 Å². The van der Waals surface area contributed by atoms with Crippen molar-refractivity contribution >= 4 is 11.9 Å². The molecule has 0 aliphatic rings. The summed E-state index contributed by atoms with van der Waals surface area (Å²) in [6.45, 7) is 1.11. The fraction of sp³-hybridized carbons (Fsp3) is 0.368. The molecule has 0 fully saturated rings. The zero-order chi connectivity index (χ0) is 25.1. The monoisotopic (exact) mass is 488 g/mol. The molecule has 3 heterocycles. The van der Waals surface area contributed by atoms with Gasteiger partial charge in [-0.3, -0.25) is 4.79 Å². The SMILES string of the molecule is Cc1ccc(-n2nccn2)c(C(=O)N(C)[C@H](CNc2ncc(C(F)(F)F)cn2)CC(F)(F)F)n1. The minimum Gasteiger partial charge on any atom is -0.352 e. The van der Waals surface area contributed by atoms with Crippen LogP contribution in [0.5, 0.6) is 0 Å². The van der Waals surface area contributed by atoms with Gasteiger partial charge in [0.05, 0.1) is 30.4 Å². The summed E-state index contributed by atoms with van der Waals surface area (Å²) in [7, 11) is 1.17. The Morgan fingerprint density at radius 3 is 2.26 bits per heavy atom. The Balaban J connectivity index is 1.84. The second-order valence-electron chi connectivity index (χ2n) is 7.20. The van der Waals surface area contributed by atoms with Crippen molar-refractivity contribution in [2.24, 2.45) is 0 Å². The first-order valence-electron chi connectivity index (χ1n) is 9.66. The highest BCUT2D eigenvalue weighted by Gasteiger charge is 2.36. The molecule has 0 aromatic carbocycles. The maximum atomic E-state index is 13.2. The number of carbonyl (C=O) groups is 1. The van der Waals surface area contributed by atoms with Gasteiger partial charge in [-0.1, -0.05) is 0 Å². The fourth-order valence-corrected chi connectivity index (χ4v) is 2.93. The van der Waals surface area contributed by atoms with E-state index in [4.69, 9.17) is 0 Å². The van der Waals surface area contributed by atoms with Gasteiger partial charge in [0.25, 0.3) is 5.91 Å². The Hall–Kier alpha value is -3.78. The number of aromatic nitrogens is 6. The second-order valence-corrected chi connectivity index (χ2v) is 7.20. The van der Waals surface area contributed by atoms with Gasteiger partial charge in [0.1, 0.15) is 5.69 Å². The van der Waals surface area contributed by atoms with Gasteiger partial charge in [-0.05, 0) is 19.1 Å². The van der Waals surface area contributed by atoms with Crippen LogP contribution in [0, 0.1) is 6.92 Å². The number of carbonyl (C=O) groups excluding carboxylic acids is 1. The molecule has 0 radical (unpaired) electrons. The van der Waals surface area contributed by atoms with Gasteiger partial charge in [0.2, 0.25) is 5.95 Å². The van der Waals surface area contributed by atoms with Gasteiger partial charge in [0.15, 0.2) is 5.69 Å². The highest BCUT2D eigenvalue weighted by atomic mass is 19.4. The normalized spacial score (nSPS) is 12.9. The molecule has 0 spiro atoms. The van der Waals surface area contributed by atoms with E-state index >= 15 is 0 Å². The Labute approximate surface area is 188 Å². The number of halogens is 6. The molecule has 0 saturated carbocycles. The molecule has 34 heavy (non-hydrogen) atoms. The summed E-state index contributed by atoms with van der Waals surface area (Å²) in [5.74, 6) is -1.16. The smallest absolute Gasteiger partial charge is 0.352 e. The van der Waals surface area contributed by atoms with Crippen LogP contribution in [0.4, 0.5) is 32.3 Å². The maximum absolute atomic E-state index is 13.2. The van der Waals surface area contributed by atoms with Crippen LogP contribution in [0.3, 0.4) is 0 Å². The summed E-state index contributed by atoms with van der Waals surface area (Å²) in [5.41, 5.74) is -0.673. The summed E-state index contributed by atoms with van der Waals surface area (Å²) >= 11 is 0. The quantitative estimate of drug-likeness (QED) is 0.510. The number of alkyl halides is 6. The van der Waals surface area contributed by atoms with Crippen molar-refractivity contribution in [2.45, 2.75) is 31.7 Å². The lowest BCUT2D eigenvalue weighted by Crippen LogP contribution is -2.44. The number of hydrogen-bond acceptors (Lipinski definition) is 7. The lowest BCUT2D eigenvalue weighted by atomic mass is 10.1. The highest BCUT2D eigenvalue weighted by Crippen LogP contribution is 2.28. The summed E-state index contributed by atoms with van der Waals surface area (Å²) in [6, 6.07) is 1.64. The lowest BCUT2D eigenvalue weighted by molar-refractivity contribution is -0.143. The standard InChI is InChI=1S/C19H18F6N8O/c1-11-3-4-14(33-29-5-6-30-33)15(31-11)16(34)32(2)13(7-18(20,21)22)10-28-17-26-8-12(9-27-17)19(23,24)25/h3-6,8-9,13H,7,10H2,1-2H3,(H,26,27,28)/t13-/m0/s1. The van der Waals surface area contributed by atoms with Crippen LogP contribution < -0.4 is 5.32 Å². The van der Waals surface area contributed by atoms with Crippen molar-refractivity contribution < 1.29 is 31.1 Å². The molecule has 182 valence electrons. The van der Waals surface area contributed by atoms with Crippen molar-refractivity contribution in [1.29, 1.82) is 0 Å². The molecule has 0 bridgehead atoms. The molecule has 3 aromatic rings. The van der Waals surface area contributed by atoms with E-state index < -0.39 is 42.8 Å². The largest absolute Gasteiger partial charge is 0.419 e. The Morgan fingerprint density at radius 1 is 1.09 bits per heavy atom. The van der Waals surface area contributed by atoms with Crippen molar-refractivity contribution in [3.05, 3.63) is 53.9 Å². The molecule has 3 aromatic heterocycles. The first-order chi connectivity index (χ1) is 15.8. The number of anilines is 1. The fourth-order valence-electron chi connectivity index (χ4n) is 2.93. The van der Waals surface area contributed by atoms with E-state index in [9.17, 15) is 31.1 Å². The van der Waals surface area contributed by atoms with E-state index in [1.165, 1.54) is 25.5 Å². The number of amides is 1. The number of nitrogens with one attached hydrogen (secondary N) is 1. The Morgan fingerprint density at radius 2 is 1.71 bits per heavy atom. The van der Waals surface area contributed by atoms with Gasteiger partial charge in [-0.2, -0.15) is 36.5 Å². The third kappa shape index (κ3) is 6.17. The van der Waals surface area contributed by atoms with E-state index in [1.54, 1.807) is 13.0 Å². The lowest BCUT2D eigenvalue weighted by Gasteiger charge is -2.29. The number of rotatable bonds is 7. The summed E-state index contributed by atoms with van der Waals surface area (Å²) in [6.07, 6.45) is -6.98. The number of hydrogen-bond donors (Lipinski definition) is 1. The predicted octanol–water partition coefficient (Wildman–Crippen LogP) is 3.28. The zero-order valence-electron chi connectivity index (χ0n) is 17.8. The number of pyridine rings is 1. The summed E-state index contributed by atoms with van der Waals surface area (Å²) < 4.78 is 77.7. The van der Waals surface area contributed by atoms with Crippen LogP contribution >= 0.6 is 0 Å². The van der Waals surface area contributed by atoms with Crippen LogP contribution in [0.1, 0.15) is 28.2 Å². The predicted molar refractivity (Wildman–Crippen MR) is 106 cm³/mol. The topological polar surface area (TPSA) is 102 Å². The molecule has 1 N–H and O–H groups in total. The number of likely N-dealkylation sites (N-methyl/N-ethyl adjacent to an activating group) is 1. The average Bonchev–Trinajstić information content (AvgIpc) is 3.29. The van der Waals surface area contributed by atoms with Crippen molar-refractivity contribution in [3.8, 4) is 5.69 Å². The molecule has 3 rings (SSSR count). The molecular formula is C19H18F6N8O. The van der Waals surface area contributed by atoms with Crippen molar-refractivity contribution in [2.75, 3.05) is 18.9 Å². The van der Waals surface area contributed by atoms with Gasteiger partial charge < -0.3 is 10.2 Å². The molecule has 0 unspecified atom stereocenters. The number of nitrogens with zero attached hydrogens (tertiary/aromatic N) is 7. The van der Waals surface area contributed by atoms with Gasteiger partial charge in [0, 0.05) is 31.7 Å². The minimum absolute atomic E-state index is 0.164. The first kappa shape index (κ1) is 24.9. The van der Waals surface area contributed by atoms with Gasteiger partial charge in [-0.15, -0.1) is 4.80 Å². The van der Waals surface area contributed by atoms with Gasteiger partial charge in [-0.25, -0.2) is 15.0 Å². The third-order valence-electron chi connectivity index (χ3n) is 4.66. The van der Waals surface area contributed by atoms with E-state index in [2.05, 4.69) is 30.5 Å². The number of aryl methyl sites for hydroxylation is 1. The van der Waals surface area contributed by atoms with Crippen molar-refractivity contribution in [1.82, 2.24) is 34.8 Å². The van der Waals surface area contributed by atoms with E-state index in [0.29, 0.717) is 18.1 Å². The summed E-state index contributed by atoms with van der Waals surface area (Å²) in [5, 5.41) is 10.3. The third-order valence-corrected chi connectivity index (χ3v) is 4.66. The molecule has 0 saturated heterocycles. The molecule has 15 heteroatoms. The van der Waals surface area contributed by atoms with E-state index in [-0.39, 0.29) is 17.3 Å². The van der Waals surface area contributed by atoms with Gasteiger partial charge >= 0.3 is 12.4 Å². The Kier molecular flexibility index (Phi) is 7.02.